The number of carbonyl (C=O) groups is 2. The Hall–Kier alpha value is -3.41. The van der Waals surface area contributed by atoms with Gasteiger partial charge < -0.3 is 10.6 Å². The summed E-state index contributed by atoms with van der Waals surface area (Å²) in [6.45, 7) is 1.83. The van der Waals surface area contributed by atoms with Gasteiger partial charge in [-0.2, -0.15) is 0 Å². The van der Waals surface area contributed by atoms with Gasteiger partial charge in [-0.3, -0.25) is 19.0 Å². The average Bonchev–Trinajstić information content (AvgIpc) is 2.65. The number of fused-ring (bicyclic) bond motifs is 1. The van der Waals surface area contributed by atoms with E-state index in [4.69, 9.17) is 0 Å². The third-order valence-corrected chi connectivity index (χ3v) is 4.13. The summed E-state index contributed by atoms with van der Waals surface area (Å²) in [5.41, 5.74) is 2.19. The third kappa shape index (κ3) is 3.49. The van der Waals surface area contributed by atoms with Crippen molar-refractivity contribution < 1.29 is 9.59 Å². The van der Waals surface area contributed by atoms with Gasteiger partial charge in [-0.15, -0.1) is 0 Å². The number of aryl methyl sites for hydroxylation is 1. The van der Waals surface area contributed by atoms with E-state index in [0.29, 0.717) is 22.2 Å². The standard InChI is InChI=1S/C20H19N3O3/c1-13-7-9-14(10-8-13)22-18(24)12-23-17-6-4-3-5-15(17)16(11-19(23)25)20(26)21-2/h3-11H,12H2,1-2H3,(H,21,26)(H,22,24). The first kappa shape index (κ1) is 17.4. The van der Waals surface area contributed by atoms with Crippen molar-refractivity contribution in [2.45, 2.75) is 13.5 Å². The number of nitrogens with zero attached hydrogens (tertiary/aromatic N) is 1. The lowest BCUT2D eigenvalue weighted by molar-refractivity contribution is -0.116. The zero-order valence-electron chi connectivity index (χ0n) is 14.6. The summed E-state index contributed by atoms with van der Waals surface area (Å²) in [6.07, 6.45) is 0. The van der Waals surface area contributed by atoms with Crippen LogP contribution in [0.15, 0.2) is 59.4 Å². The van der Waals surface area contributed by atoms with E-state index < -0.39 is 5.56 Å². The molecule has 6 heteroatoms. The zero-order valence-corrected chi connectivity index (χ0v) is 14.6. The van der Waals surface area contributed by atoms with Crippen LogP contribution in [0.25, 0.3) is 10.9 Å². The highest BCUT2D eigenvalue weighted by Crippen LogP contribution is 2.17. The number of para-hydroxylation sites is 1. The van der Waals surface area contributed by atoms with Gasteiger partial charge in [-0.05, 0) is 25.1 Å². The Balaban J connectivity index is 1.96. The monoisotopic (exact) mass is 349 g/mol. The second-order valence-corrected chi connectivity index (χ2v) is 5.99. The molecule has 3 aromatic rings. The molecule has 132 valence electrons. The molecule has 0 saturated heterocycles. The quantitative estimate of drug-likeness (QED) is 0.758. The second-order valence-electron chi connectivity index (χ2n) is 5.99. The molecule has 2 amide bonds. The van der Waals surface area contributed by atoms with Gasteiger partial charge in [0.1, 0.15) is 6.54 Å². The minimum Gasteiger partial charge on any atom is -0.355 e. The van der Waals surface area contributed by atoms with Gasteiger partial charge in [-0.25, -0.2) is 0 Å². The van der Waals surface area contributed by atoms with Crippen LogP contribution in [0.4, 0.5) is 5.69 Å². The average molecular weight is 349 g/mol. The first-order chi connectivity index (χ1) is 12.5. The lowest BCUT2D eigenvalue weighted by Crippen LogP contribution is -2.30. The van der Waals surface area contributed by atoms with E-state index in [0.717, 1.165) is 5.56 Å². The number of rotatable bonds is 4. The molecule has 0 aliphatic rings. The molecule has 0 radical (unpaired) electrons. The van der Waals surface area contributed by atoms with E-state index in [1.165, 1.54) is 17.7 Å². The minimum atomic E-state index is -0.402. The first-order valence-corrected chi connectivity index (χ1v) is 8.21. The molecule has 2 aromatic carbocycles. The normalized spacial score (nSPS) is 10.5. The van der Waals surface area contributed by atoms with Gasteiger partial charge in [0.05, 0.1) is 11.1 Å². The topological polar surface area (TPSA) is 80.2 Å². The molecule has 0 unspecified atom stereocenters. The molecular formula is C20H19N3O3. The number of hydrogen-bond acceptors (Lipinski definition) is 3. The summed E-state index contributed by atoms with van der Waals surface area (Å²) < 4.78 is 1.37. The SMILES string of the molecule is CNC(=O)c1cc(=O)n(CC(=O)Nc2ccc(C)cc2)c2ccccc12. The lowest BCUT2D eigenvalue weighted by atomic mass is 10.1. The highest BCUT2D eigenvalue weighted by molar-refractivity contribution is 6.06. The molecule has 1 aromatic heterocycles. The van der Waals surface area contributed by atoms with Crippen LogP contribution in [0.5, 0.6) is 0 Å². The molecule has 0 aliphatic carbocycles. The van der Waals surface area contributed by atoms with Gasteiger partial charge in [-0.1, -0.05) is 35.9 Å². The van der Waals surface area contributed by atoms with Crippen LogP contribution in [-0.4, -0.2) is 23.4 Å². The maximum Gasteiger partial charge on any atom is 0.252 e. The molecule has 0 bridgehead atoms. The maximum atomic E-state index is 12.5. The summed E-state index contributed by atoms with van der Waals surface area (Å²) in [5.74, 6) is -0.650. The van der Waals surface area contributed by atoms with E-state index in [-0.39, 0.29) is 18.4 Å². The number of pyridine rings is 1. The Morgan fingerprint density at radius 1 is 1.04 bits per heavy atom. The van der Waals surface area contributed by atoms with Crippen LogP contribution >= 0.6 is 0 Å². The van der Waals surface area contributed by atoms with Crippen LogP contribution in [-0.2, 0) is 11.3 Å². The van der Waals surface area contributed by atoms with Crippen LogP contribution in [0.3, 0.4) is 0 Å². The van der Waals surface area contributed by atoms with Crippen molar-refractivity contribution in [1.82, 2.24) is 9.88 Å². The predicted octanol–water partition coefficient (Wildman–Crippen LogP) is 2.31. The second kappa shape index (κ2) is 7.23. The van der Waals surface area contributed by atoms with Gasteiger partial charge in [0.25, 0.3) is 11.5 Å². The van der Waals surface area contributed by atoms with Crippen molar-refractivity contribution in [1.29, 1.82) is 0 Å². The molecular weight excluding hydrogens is 330 g/mol. The summed E-state index contributed by atoms with van der Waals surface area (Å²) in [4.78, 5) is 36.9. The minimum absolute atomic E-state index is 0.138. The van der Waals surface area contributed by atoms with Crippen molar-refractivity contribution in [3.8, 4) is 0 Å². The van der Waals surface area contributed by atoms with Crippen molar-refractivity contribution in [3.05, 3.63) is 76.1 Å². The number of carbonyl (C=O) groups excluding carboxylic acids is 2. The first-order valence-electron chi connectivity index (χ1n) is 8.21. The highest BCUT2D eigenvalue weighted by atomic mass is 16.2. The van der Waals surface area contributed by atoms with Gasteiger partial charge >= 0.3 is 0 Å². The molecule has 0 aliphatic heterocycles. The smallest absolute Gasteiger partial charge is 0.252 e. The molecule has 0 atom stereocenters. The number of nitrogens with one attached hydrogen (secondary N) is 2. The Morgan fingerprint density at radius 3 is 2.42 bits per heavy atom. The van der Waals surface area contributed by atoms with E-state index in [1.807, 2.05) is 31.2 Å². The Labute approximate surface area is 150 Å². The lowest BCUT2D eigenvalue weighted by Gasteiger charge is -2.13. The molecule has 2 N–H and O–H groups in total. The van der Waals surface area contributed by atoms with Gasteiger partial charge in [0.2, 0.25) is 5.91 Å². The molecule has 0 saturated carbocycles. The molecule has 3 rings (SSSR count). The summed E-state index contributed by atoms with van der Waals surface area (Å²) in [6, 6.07) is 15.7. The van der Waals surface area contributed by atoms with Crippen LogP contribution in [0.1, 0.15) is 15.9 Å². The van der Waals surface area contributed by atoms with Crippen molar-refractivity contribution >= 4 is 28.4 Å². The highest BCUT2D eigenvalue weighted by Gasteiger charge is 2.15. The van der Waals surface area contributed by atoms with Crippen LogP contribution < -0.4 is 16.2 Å². The van der Waals surface area contributed by atoms with Crippen LogP contribution in [0.2, 0.25) is 0 Å². The van der Waals surface area contributed by atoms with Crippen molar-refractivity contribution in [2.24, 2.45) is 0 Å². The molecule has 26 heavy (non-hydrogen) atoms. The van der Waals surface area contributed by atoms with E-state index in [1.54, 1.807) is 24.3 Å². The van der Waals surface area contributed by atoms with E-state index in [9.17, 15) is 14.4 Å². The zero-order chi connectivity index (χ0) is 18.7. The van der Waals surface area contributed by atoms with E-state index >= 15 is 0 Å². The van der Waals surface area contributed by atoms with Crippen molar-refractivity contribution in [2.75, 3.05) is 12.4 Å². The molecule has 6 nitrogen and oxygen atoms in total. The number of hydrogen-bond donors (Lipinski definition) is 2. The Morgan fingerprint density at radius 2 is 1.73 bits per heavy atom. The fourth-order valence-electron chi connectivity index (χ4n) is 2.80. The Bertz CT molecular complexity index is 1040. The Kier molecular flexibility index (Phi) is 4.84. The third-order valence-electron chi connectivity index (χ3n) is 4.13. The molecule has 0 fully saturated rings. The fourth-order valence-corrected chi connectivity index (χ4v) is 2.80. The van der Waals surface area contributed by atoms with Crippen molar-refractivity contribution in [3.63, 3.8) is 0 Å². The van der Waals surface area contributed by atoms with E-state index in [2.05, 4.69) is 10.6 Å². The fraction of sp³-hybridized carbons (Fsp3) is 0.150. The summed E-state index contributed by atoms with van der Waals surface area (Å²) >= 11 is 0. The van der Waals surface area contributed by atoms with Gasteiger partial charge in [0.15, 0.2) is 0 Å². The maximum absolute atomic E-state index is 12.5. The largest absolute Gasteiger partial charge is 0.355 e. The van der Waals surface area contributed by atoms with Gasteiger partial charge in [0, 0.05) is 24.2 Å². The van der Waals surface area contributed by atoms with Crippen LogP contribution in [0, 0.1) is 6.92 Å². The predicted molar refractivity (Wildman–Crippen MR) is 101 cm³/mol. The molecule has 1 heterocycles. The number of amides is 2. The number of aromatic nitrogens is 1. The number of anilines is 1. The number of benzene rings is 2. The summed E-state index contributed by atoms with van der Waals surface area (Å²) in [5, 5.41) is 5.93. The summed E-state index contributed by atoms with van der Waals surface area (Å²) in [7, 11) is 1.51. The molecule has 0 spiro atoms.